The molecule has 15 heavy (non-hydrogen) atoms. The van der Waals surface area contributed by atoms with Crippen LogP contribution in [0.25, 0.3) is 0 Å². The smallest absolute Gasteiger partial charge is 0.308 e. The van der Waals surface area contributed by atoms with E-state index in [0.717, 1.165) is 19.4 Å². The number of nitrogens with zero attached hydrogens (tertiary/aromatic N) is 1. The van der Waals surface area contributed by atoms with Crippen LogP contribution >= 0.6 is 0 Å². The summed E-state index contributed by atoms with van der Waals surface area (Å²) in [7, 11) is 0. The molecule has 1 saturated heterocycles. The molecule has 2 aliphatic rings. The third kappa shape index (κ3) is 2.12. The molecule has 0 aromatic carbocycles. The highest BCUT2D eigenvalue weighted by Gasteiger charge is 2.42. The van der Waals surface area contributed by atoms with Crippen molar-refractivity contribution >= 4 is 11.9 Å². The highest BCUT2D eigenvalue weighted by Crippen LogP contribution is 2.33. The van der Waals surface area contributed by atoms with Crippen molar-refractivity contribution in [1.29, 1.82) is 0 Å². The van der Waals surface area contributed by atoms with Crippen LogP contribution in [0.5, 0.6) is 0 Å². The molecule has 5 nitrogen and oxygen atoms in total. The molecule has 2 unspecified atom stereocenters. The summed E-state index contributed by atoms with van der Waals surface area (Å²) in [6.45, 7) is 1.13. The zero-order valence-corrected chi connectivity index (χ0v) is 8.43. The van der Waals surface area contributed by atoms with Gasteiger partial charge in [0.1, 0.15) is 0 Å². The zero-order chi connectivity index (χ0) is 11.0. The van der Waals surface area contributed by atoms with Crippen molar-refractivity contribution in [1.82, 2.24) is 4.90 Å². The molecule has 2 atom stereocenters. The van der Waals surface area contributed by atoms with E-state index >= 15 is 0 Å². The van der Waals surface area contributed by atoms with Crippen LogP contribution in [-0.4, -0.2) is 46.2 Å². The molecule has 1 aliphatic carbocycles. The zero-order valence-electron chi connectivity index (χ0n) is 8.43. The first-order valence-corrected chi connectivity index (χ1v) is 5.29. The van der Waals surface area contributed by atoms with Crippen molar-refractivity contribution in [3.8, 4) is 0 Å². The fraction of sp³-hybridized carbons (Fsp3) is 0.800. The first-order chi connectivity index (χ1) is 7.09. The van der Waals surface area contributed by atoms with E-state index in [9.17, 15) is 9.59 Å². The van der Waals surface area contributed by atoms with Crippen LogP contribution in [0.1, 0.15) is 19.3 Å². The minimum atomic E-state index is -0.979. The van der Waals surface area contributed by atoms with Crippen LogP contribution < -0.4 is 0 Å². The van der Waals surface area contributed by atoms with Crippen LogP contribution in [0.15, 0.2) is 0 Å². The minimum Gasteiger partial charge on any atom is -0.481 e. The van der Waals surface area contributed by atoms with Crippen LogP contribution in [-0.2, 0) is 9.59 Å². The Morgan fingerprint density at radius 3 is 2.07 bits per heavy atom. The summed E-state index contributed by atoms with van der Waals surface area (Å²) in [5.41, 5.74) is 0. The molecule has 5 heteroatoms. The van der Waals surface area contributed by atoms with E-state index in [-0.39, 0.29) is 0 Å². The third-order valence-electron chi connectivity index (χ3n) is 3.34. The first kappa shape index (κ1) is 10.4. The van der Waals surface area contributed by atoms with Crippen molar-refractivity contribution < 1.29 is 19.8 Å². The van der Waals surface area contributed by atoms with Crippen LogP contribution in [0.3, 0.4) is 0 Å². The summed E-state index contributed by atoms with van der Waals surface area (Å²) >= 11 is 0. The van der Waals surface area contributed by atoms with E-state index in [0.29, 0.717) is 19.0 Å². The number of hydrogen-bond donors (Lipinski definition) is 2. The van der Waals surface area contributed by atoms with Gasteiger partial charge < -0.3 is 10.2 Å². The molecule has 1 saturated carbocycles. The number of carbonyl (C=O) groups is 2. The Bertz CT molecular complexity index is 287. The number of hydrogen-bond acceptors (Lipinski definition) is 3. The summed E-state index contributed by atoms with van der Waals surface area (Å²) in [4.78, 5) is 24.0. The number of carboxylic acid groups (broad SMARTS) is 2. The van der Waals surface area contributed by atoms with Crippen molar-refractivity contribution in [3.63, 3.8) is 0 Å². The van der Waals surface area contributed by atoms with E-state index in [1.807, 2.05) is 0 Å². The van der Waals surface area contributed by atoms with Gasteiger partial charge in [0.05, 0.1) is 11.8 Å². The maximum Gasteiger partial charge on any atom is 0.308 e. The van der Waals surface area contributed by atoms with Gasteiger partial charge in [-0.25, -0.2) is 0 Å². The lowest BCUT2D eigenvalue weighted by Gasteiger charge is -2.34. The monoisotopic (exact) mass is 213 g/mol. The number of rotatable bonds is 3. The largest absolute Gasteiger partial charge is 0.481 e. The molecule has 2 rings (SSSR count). The molecule has 0 spiro atoms. The lowest BCUT2D eigenvalue weighted by Crippen LogP contribution is -2.47. The van der Waals surface area contributed by atoms with Crippen molar-refractivity contribution in [2.75, 3.05) is 13.1 Å². The maximum atomic E-state index is 11.0. The quantitative estimate of drug-likeness (QED) is 0.703. The van der Waals surface area contributed by atoms with Gasteiger partial charge in [-0.2, -0.15) is 0 Å². The van der Waals surface area contributed by atoms with Crippen molar-refractivity contribution in [3.05, 3.63) is 0 Å². The summed E-state index contributed by atoms with van der Waals surface area (Å²) in [6.07, 6.45) is 2.72. The molecule has 2 N–H and O–H groups in total. The molecule has 0 aromatic heterocycles. The Morgan fingerprint density at radius 2 is 1.60 bits per heavy atom. The number of piperidine rings is 1. The van der Waals surface area contributed by atoms with Gasteiger partial charge in [0, 0.05) is 12.6 Å². The van der Waals surface area contributed by atoms with Gasteiger partial charge in [-0.1, -0.05) is 0 Å². The lowest BCUT2D eigenvalue weighted by atomic mass is 9.85. The number of carboxylic acids is 2. The summed E-state index contributed by atoms with van der Waals surface area (Å²) in [5, 5.41) is 17.9. The summed E-state index contributed by atoms with van der Waals surface area (Å²) in [5.74, 6) is -3.40. The fourth-order valence-electron chi connectivity index (χ4n) is 2.29. The molecular formula is C10H15NO4. The third-order valence-corrected chi connectivity index (χ3v) is 3.34. The van der Waals surface area contributed by atoms with Gasteiger partial charge in [-0.3, -0.25) is 14.5 Å². The van der Waals surface area contributed by atoms with E-state index in [1.165, 1.54) is 0 Å². The number of aliphatic carboxylic acids is 2. The molecule has 1 heterocycles. The molecule has 0 aromatic rings. The second-order valence-corrected chi connectivity index (χ2v) is 4.40. The first-order valence-electron chi connectivity index (χ1n) is 5.29. The summed E-state index contributed by atoms with van der Waals surface area (Å²) in [6, 6.07) is 0.515. The van der Waals surface area contributed by atoms with E-state index in [2.05, 4.69) is 4.90 Å². The molecular weight excluding hydrogens is 198 g/mol. The normalized spacial score (nSPS) is 32.5. The summed E-state index contributed by atoms with van der Waals surface area (Å²) < 4.78 is 0. The SMILES string of the molecule is O=C(O)C1CCN(C2CC2)CC1C(=O)O. The van der Waals surface area contributed by atoms with E-state index < -0.39 is 23.8 Å². The molecule has 0 amide bonds. The predicted molar refractivity (Wildman–Crippen MR) is 51.5 cm³/mol. The second-order valence-electron chi connectivity index (χ2n) is 4.40. The molecule has 2 fully saturated rings. The van der Waals surface area contributed by atoms with Gasteiger partial charge in [-0.15, -0.1) is 0 Å². The Labute approximate surface area is 87.7 Å². The Kier molecular flexibility index (Phi) is 2.65. The fourth-order valence-corrected chi connectivity index (χ4v) is 2.29. The van der Waals surface area contributed by atoms with Gasteiger partial charge in [0.15, 0.2) is 0 Å². The highest BCUT2D eigenvalue weighted by molar-refractivity contribution is 5.80. The number of likely N-dealkylation sites (tertiary alicyclic amines) is 1. The average molecular weight is 213 g/mol. The van der Waals surface area contributed by atoms with Gasteiger partial charge >= 0.3 is 11.9 Å². The van der Waals surface area contributed by atoms with Gasteiger partial charge in [-0.05, 0) is 25.8 Å². The average Bonchev–Trinajstić information content (AvgIpc) is 2.99. The van der Waals surface area contributed by atoms with Crippen LogP contribution in [0.2, 0.25) is 0 Å². The van der Waals surface area contributed by atoms with E-state index in [4.69, 9.17) is 10.2 Å². The van der Waals surface area contributed by atoms with Crippen LogP contribution in [0, 0.1) is 11.8 Å². The highest BCUT2D eigenvalue weighted by atomic mass is 16.4. The second kappa shape index (κ2) is 3.81. The lowest BCUT2D eigenvalue weighted by molar-refractivity contribution is -0.157. The Balaban J connectivity index is 2.04. The van der Waals surface area contributed by atoms with Gasteiger partial charge in [0.2, 0.25) is 0 Å². The minimum absolute atomic E-state index is 0.400. The Morgan fingerprint density at radius 1 is 1.00 bits per heavy atom. The van der Waals surface area contributed by atoms with Gasteiger partial charge in [0.25, 0.3) is 0 Å². The molecule has 84 valence electrons. The van der Waals surface area contributed by atoms with Crippen molar-refractivity contribution in [2.45, 2.75) is 25.3 Å². The molecule has 0 bridgehead atoms. The standard InChI is InChI=1S/C10H15NO4/c12-9(13)7-3-4-11(6-1-2-6)5-8(7)10(14)15/h6-8H,1-5H2,(H,12,13)(H,14,15). The maximum absolute atomic E-state index is 11.0. The van der Waals surface area contributed by atoms with E-state index in [1.54, 1.807) is 0 Å². The van der Waals surface area contributed by atoms with Crippen molar-refractivity contribution in [2.24, 2.45) is 11.8 Å². The predicted octanol–water partition coefficient (Wildman–Crippen LogP) is 0.256. The molecule has 1 aliphatic heterocycles. The topological polar surface area (TPSA) is 77.8 Å². The van der Waals surface area contributed by atoms with Crippen LogP contribution in [0.4, 0.5) is 0 Å². The molecule has 0 radical (unpaired) electrons. The Hall–Kier alpha value is -1.10.